The molecule has 2 unspecified atom stereocenters. The van der Waals surface area contributed by atoms with Crippen LogP contribution in [0, 0.1) is 17.0 Å². The predicted octanol–water partition coefficient (Wildman–Crippen LogP) is 5.95. The monoisotopic (exact) mass is 468 g/mol. The molecular formula is C28H28N4O3. The summed E-state index contributed by atoms with van der Waals surface area (Å²) in [7, 11) is 4.01. The summed E-state index contributed by atoms with van der Waals surface area (Å²) in [6.45, 7) is 1.72. The van der Waals surface area contributed by atoms with Gasteiger partial charge in [-0.25, -0.2) is 0 Å². The van der Waals surface area contributed by atoms with Crippen molar-refractivity contribution in [3.8, 4) is 0 Å². The number of anilines is 3. The van der Waals surface area contributed by atoms with E-state index in [2.05, 4.69) is 39.8 Å². The van der Waals surface area contributed by atoms with Gasteiger partial charge in [-0.1, -0.05) is 36.4 Å². The number of benzene rings is 3. The van der Waals surface area contributed by atoms with Gasteiger partial charge in [0, 0.05) is 49.1 Å². The first-order valence-corrected chi connectivity index (χ1v) is 11.7. The van der Waals surface area contributed by atoms with Gasteiger partial charge >= 0.3 is 0 Å². The van der Waals surface area contributed by atoms with Gasteiger partial charge in [-0.15, -0.1) is 0 Å². The van der Waals surface area contributed by atoms with Gasteiger partial charge < -0.3 is 15.5 Å². The molecule has 0 saturated heterocycles. The highest BCUT2D eigenvalue weighted by Gasteiger charge is 2.36. The topological polar surface area (TPSA) is 87.5 Å². The van der Waals surface area contributed by atoms with Crippen LogP contribution in [0.2, 0.25) is 0 Å². The van der Waals surface area contributed by atoms with Crippen molar-refractivity contribution < 1.29 is 9.72 Å². The van der Waals surface area contributed by atoms with Crippen molar-refractivity contribution in [1.29, 1.82) is 0 Å². The Hall–Kier alpha value is -4.13. The Kier molecular flexibility index (Phi) is 5.76. The number of aryl methyl sites for hydroxylation is 1. The first kappa shape index (κ1) is 22.7. The molecule has 1 aliphatic carbocycles. The molecule has 0 aromatic heterocycles. The molecule has 7 nitrogen and oxygen atoms in total. The van der Waals surface area contributed by atoms with Crippen molar-refractivity contribution in [3.63, 3.8) is 0 Å². The Balaban J connectivity index is 1.58. The number of para-hydroxylation sites is 2. The Morgan fingerprint density at radius 2 is 1.63 bits per heavy atom. The minimum Gasteiger partial charge on any atom is -0.378 e. The van der Waals surface area contributed by atoms with E-state index in [-0.39, 0.29) is 22.3 Å². The third-order valence-electron chi connectivity index (χ3n) is 6.95. The van der Waals surface area contributed by atoms with Gasteiger partial charge in [-0.2, -0.15) is 0 Å². The fraction of sp³-hybridized carbons (Fsp3) is 0.250. The van der Waals surface area contributed by atoms with Gasteiger partial charge in [0.05, 0.1) is 22.3 Å². The molecule has 0 radical (unpaired) electrons. The average Bonchev–Trinajstić information content (AvgIpc) is 3.01. The number of ketones is 1. The third-order valence-corrected chi connectivity index (χ3v) is 6.95. The highest BCUT2D eigenvalue weighted by atomic mass is 16.6. The molecule has 2 aliphatic rings. The molecule has 7 heteroatoms. The van der Waals surface area contributed by atoms with E-state index in [1.807, 2.05) is 44.4 Å². The molecule has 0 fully saturated rings. The van der Waals surface area contributed by atoms with Crippen LogP contribution in [-0.4, -0.2) is 24.8 Å². The van der Waals surface area contributed by atoms with Crippen molar-refractivity contribution in [2.45, 2.75) is 31.7 Å². The number of nitrogens with zero attached hydrogens (tertiary/aromatic N) is 2. The van der Waals surface area contributed by atoms with Gasteiger partial charge in [0.1, 0.15) is 0 Å². The summed E-state index contributed by atoms with van der Waals surface area (Å²) < 4.78 is 0. The number of carbonyl (C=O) groups excluding carboxylic acids is 1. The van der Waals surface area contributed by atoms with Gasteiger partial charge in [0.15, 0.2) is 5.78 Å². The fourth-order valence-corrected chi connectivity index (χ4v) is 5.03. The molecular weight excluding hydrogens is 440 g/mol. The molecule has 1 heterocycles. The number of nitrogens with one attached hydrogen (secondary N) is 2. The van der Waals surface area contributed by atoms with Crippen molar-refractivity contribution in [1.82, 2.24) is 0 Å². The predicted molar refractivity (Wildman–Crippen MR) is 139 cm³/mol. The lowest BCUT2D eigenvalue weighted by atomic mass is 9.78. The lowest BCUT2D eigenvalue weighted by molar-refractivity contribution is -0.385. The molecule has 3 aromatic carbocycles. The molecule has 2 N–H and O–H groups in total. The van der Waals surface area contributed by atoms with Crippen molar-refractivity contribution in [2.75, 3.05) is 29.6 Å². The van der Waals surface area contributed by atoms with E-state index in [9.17, 15) is 14.9 Å². The summed E-state index contributed by atoms with van der Waals surface area (Å²) in [4.78, 5) is 27.0. The van der Waals surface area contributed by atoms with Gasteiger partial charge in [0.25, 0.3) is 5.69 Å². The number of rotatable bonds is 4. The SMILES string of the molecule is Cc1ccc(C2Nc3ccccc3NC3=C2C(=O)CC(c2ccc(N(C)C)cc2)C3)cc1[N+](=O)[O-]. The Morgan fingerprint density at radius 3 is 2.31 bits per heavy atom. The molecule has 0 bridgehead atoms. The molecule has 0 spiro atoms. The molecule has 178 valence electrons. The number of nitro groups is 1. The lowest BCUT2D eigenvalue weighted by Crippen LogP contribution is -2.27. The van der Waals surface area contributed by atoms with Crippen LogP contribution in [-0.2, 0) is 4.79 Å². The zero-order valence-electron chi connectivity index (χ0n) is 20.0. The molecule has 5 rings (SSSR count). The van der Waals surface area contributed by atoms with Gasteiger partial charge in [-0.05, 0) is 54.7 Å². The van der Waals surface area contributed by atoms with E-state index in [0.717, 1.165) is 28.3 Å². The number of hydrogen-bond acceptors (Lipinski definition) is 6. The van der Waals surface area contributed by atoms with Crippen LogP contribution < -0.4 is 15.5 Å². The van der Waals surface area contributed by atoms with Crippen LogP contribution in [0.1, 0.15) is 41.5 Å². The molecule has 35 heavy (non-hydrogen) atoms. The van der Waals surface area contributed by atoms with E-state index >= 15 is 0 Å². The first-order valence-electron chi connectivity index (χ1n) is 11.7. The average molecular weight is 469 g/mol. The first-order chi connectivity index (χ1) is 16.8. The molecule has 2 atom stereocenters. The van der Waals surface area contributed by atoms with Crippen LogP contribution in [0.25, 0.3) is 0 Å². The standard InChI is InChI=1S/C28H28N4O3/c1-17-8-9-19(15-25(17)32(34)35)28-27-24(29-22-6-4-5-7-23(22)30-28)14-20(16-26(27)33)18-10-12-21(13-11-18)31(2)3/h4-13,15,20,28-30H,14,16H2,1-3H3. The number of allylic oxidation sites excluding steroid dienone is 1. The summed E-state index contributed by atoms with van der Waals surface area (Å²) in [6, 6.07) is 20.9. The minimum absolute atomic E-state index is 0.0500. The maximum absolute atomic E-state index is 13.7. The number of carbonyl (C=O) groups is 1. The molecule has 0 saturated carbocycles. The maximum atomic E-state index is 13.7. The number of nitro benzene ring substituents is 1. The Morgan fingerprint density at radius 1 is 0.943 bits per heavy atom. The second-order valence-corrected chi connectivity index (χ2v) is 9.46. The van der Waals surface area contributed by atoms with E-state index in [1.165, 1.54) is 0 Å². The highest BCUT2D eigenvalue weighted by Crippen LogP contribution is 2.44. The van der Waals surface area contributed by atoms with E-state index in [4.69, 9.17) is 0 Å². The van der Waals surface area contributed by atoms with Crippen LogP contribution in [0.5, 0.6) is 0 Å². The number of Topliss-reactive ketones (excluding diaryl/α,β-unsaturated/α-hetero) is 1. The summed E-state index contributed by atoms with van der Waals surface area (Å²) in [6.07, 6.45) is 1.08. The Bertz CT molecular complexity index is 1340. The van der Waals surface area contributed by atoms with Crippen molar-refractivity contribution in [3.05, 3.63) is 105 Å². The molecule has 1 aliphatic heterocycles. The molecule has 3 aromatic rings. The van der Waals surface area contributed by atoms with Crippen LogP contribution in [0.3, 0.4) is 0 Å². The van der Waals surface area contributed by atoms with E-state index in [1.54, 1.807) is 19.1 Å². The molecule has 0 amide bonds. The quantitative estimate of drug-likeness (QED) is 0.363. The normalized spacial score (nSPS) is 19.1. The van der Waals surface area contributed by atoms with Crippen LogP contribution in [0.15, 0.2) is 78.0 Å². The summed E-state index contributed by atoms with van der Waals surface area (Å²) in [5.41, 5.74) is 6.86. The van der Waals surface area contributed by atoms with E-state index in [0.29, 0.717) is 29.5 Å². The van der Waals surface area contributed by atoms with Crippen LogP contribution in [0.4, 0.5) is 22.7 Å². The zero-order chi connectivity index (χ0) is 24.7. The van der Waals surface area contributed by atoms with Crippen molar-refractivity contribution in [2.24, 2.45) is 0 Å². The summed E-state index contributed by atoms with van der Waals surface area (Å²) >= 11 is 0. The van der Waals surface area contributed by atoms with Crippen molar-refractivity contribution >= 4 is 28.5 Å². The highest BCUT2D eigenvalue weighted by molar-refractivity contribution is 6.01. The fourth-order valence-electron chi connectivity index (χ4n) is 5.03. The second-order valence-electron chi connectivity index (χ2n) is 9.46. The second kappa shape index (κ2) is 8.91. The summed E-state index contributed by atoms with van der Waals surface area (Å²) in [5.74, 6) is 0.109. The lowest BCUT2D eigenvalue weighted by Gasteiger charge is -2.30. The van der Waals surface area contributed by atoms with Gasteiger partial charge in [-0.3, -0.25) is 14.9 Å². The Labute approximate surface area is 204 Å². The van der Waals surface area contributed by atoms with Crippen LogP contribution >= 0.6 is 0 Å². The zero-order valence-corrected chi connectivity index (χ0v) is 20.0. The smallest absolute Gasteiger partial charge is 0.272 e. The van der Waals surface area contributed by atoms with Gasteiger partial charge in [0.2, 0.25) is 0 Å². The minimum atomic E-state index is -0.481. The maximum Gasteiger partial charge on any atom is 0.272 e. The number of hydrogen-bond donors (Lipinski definition) is 2. The number of fused-ring (bicyclic) bond motifs is 1. The largest absolute Gasteiger partial charge is 0.378 e. The summed E-state index contributed by atoms with van der Waals surface area (Å²) in [5, 5.41) is 18.6. The van der Waals surface area contributed by atoms with E-state index < -0.39 is 6.04 Å². The third kappa shape index (κ3) is 4.25.